The average Bonchev–Trinajstić information content (AvgIpc) is 2.46. The van der Waals surface area contributed by atoms with Crippen LogP contribution in [0, 0.1) is 0 Å². The molecule has 2 rings (SSSR count). The second-order valence-electron chi connectivity index (χ2n) is 5.20. The van der Waals surface area contributed by atoms with Gasteiger partial charge >= 0.3 is 6.03 Å². The highest BCUT2D eigenvalue weighted by atomic mass is 32.2. The number of fused-ring (bicyclic) bond motifs is 1. The molecule has 1 atom stereocenters. The number of carbonyl (C=O) groups is 2. The van der Waals surface area contributed by atoms with E-state index in [1.807, 2.05) is 44.2 Å². The molecule has 0 saturated heterocycles. The molecule has 0 spiro atoms. The number of para-hydroxylation sites is 1. The summed E-state index contributed by atoms with van der Waals surface area (Å²) in [4.78, 5) is 28.9. The third kappa shape index (κ3) is 4.21. The third-order valence-corrected chi connectivity index (χ3v) is 4.12. The highest BCUT2D eigenvalue weighted by Gasteiger charge is 2.18. The zero-order valence-corrected chi connectivity index (χ0v) is 13.6. The fourth-order valence-corrected chi connectivity index (χ4v) is 2.91. The van der Waals surface area contributed by atoms with Crippen molar-refractivity contribution in [3.63, 3.8) is 0 Å². The molecule has 3 amide bonds. The quantitative estimate of drug-likeness (QED) is 0.851. The molecule has 0 bridgehead atoms. The normalized spacial score (nSPS) is 12.2. The summed E-state index contributed by atoms with van der Waals surface area (Å²) >= 11 is 1.41. The molecule has 0 unspecified atom stereocenters. The first-order chi connectivity index (χ1) is 10.5. The van der Waals surface area contributed by atoms with Crippen molar-refractivity contribution in [3.8, 4) is 0 Å². The van der Waals surface area contributed by atoms with Gasteiger partial charge in [0, 0.05) is 22.5 Å². The first-order valence-corrected chi connectivity index (χ1v) is 7.97. The predicted octanol–water partition coefficient (Wildman–Crippen LogP) is 2.95. The number of imide groups is 1. The van der Waals surface area contributed by atoms with Crippen LogP contribution in [0.1, 0.15) is 20.8 Å². The molecule has 22 heavy (non-hydrogen) atoms. The van der Waals surface area contributed by atoms with Gasteiger partial charge < -0.3 is 5.32 Å². The number of amides is 3. The largest absolute Gasteiger partial charge is 0.336 e. The van der Waals surface area contributed by atoms with Crippen LogP contribution >= 0.6 is 11.8 Å². The van der Waals surface area contributed by atoms with Crippen LogP contribution in [0.5, 0.6) is 0 Å². The van der Waals surface area contributed by atoms with E-state index in [0.717, 1.165) is 15.8 Å². The van der Waals surface area contributed by atoms with E-state index in [-0.39, 0.29) is 17.2 Å². The second-order valence-corrected chi connectivity index (χ2v) is 6.59. The van der Waals surface area contributed by atoms with Gasteiger partial charge in [-0.1, -0.05) is 18.2 Å². The summed E-state index contributed by atoms with van der Waals surface area (Å²) in [6.07, 6.45) is 1.72. The molecule has 1 heterocycles. The maximum Gasteiger partial charge on any atom is 0.321 e. The molecule has 2 aromatic rings. The minimum Gasteiger partial charge on any atom is -0.336 e. The first-order valence-electron chi connectivity index (χ1n) is 7.09. The van der Waals surface area contributed by atoms with Gasteiger partial charge in [0.05, 0.1) is 10.8 Å². The Morgan fingerprint density at radius 1 is 1.14 bits per heavy atom. The smallest absolute Gasteiger partial charge is 0.321 e. The Morgan fingerprint density at radius 2 is 1.86 bits per heavy atom. The molecular formula is C16H19N3O2S. The Kier molecular flexibility index (Phi) is 5.38. The summed E-state index contributed by atoms with van der Waals surface area (Å²) in [6, 6.07) is 9.17. The number of urea groups is 1. The van der Waals surface area contributed by atoms with Crippen LogP contribution in [0.15, 0.2) is 41.4 Å². The molecule has 0 radical (unpaired) electrons. The van der Waals surface area contributed by atoms with E-state index in [4.69, 9.17) is 0 Å². The van der Waals surface area contributed by atoms with Crippen molar-refractivity contribution in [2.75, 3.05) is 0 Å². The number of aromatic nitrogens is 1. The van der Waals surface area contributed by atoms with Gasteiger partial charge in [-0.2, -0.15) is 0 Å². The summed E-state index contributed by atoms with van der Waals surface area (Å²) in [5.41, 5.74) is 0.887. The molecule has 2 N–H and O–H groups in total. The van der Waals surface area contributed by atoms with E-state index in [9.17, 15) is 9.59 Å². The fraction of sp³-hybridized carbons (Fsp3) is 0.312. The van der Waals surface area contributed by atoms with Crippen LogP contribution < -0.4 is 10.6 Å². The van der Waals surface area contributed by atoms with E-state index in [0.29, 0.717) is 0 Å². The number of nitrogens with zero attached hydrogens (tertiary/aromatic N) is 1. The molecule has 1 aromatic carbocycles. The minimum atomic E-state index is -0.466. The van der Waals surface area contributed by atoms with Crippen molar-refractivity contribution in [2.45, 2.75) is 37.0 Å². The van der Waals surface area contributed by atoms with Gasteiger partial charge in [-0.05, 0) is 32.9 Å². The molecule has 0 aliphatic carbocycles. The predicted molar refractivity (Wildman–Crippen MR) is 88.9 cm³/mol. The lowest BCUT2D eigenvalue weighted by molar-refractivity contribution is -0.119. The number of benzene rings is 1. The zero-order chi connectivity index (χ0) is 16.1. The van der Waals surface area contributed by atoms with Gasteiger partial charge in [0.1, 0.15) is 0 Å². The summed E-state index contributed by atoms with van der Waals surface area (Å²) in [5.74, 6) is -0.316. The highest BCUT2D eigenvalue weighted by molar-refractivity contribution is 8.00. The van der Waals surface area contributed by atoms with Crippen LogP contribution in [-0.2, 0) is 4.79 Å². The summed E-state index contributed by atoms with van der Waals surface area (Å²) in [6.45, 7) is 5.45. The summed E-state index contributed by atoms with van der Waals surface area (Å²) in [5, 5.41) is 5.60. The molecular weight excluding hydrogens is 298 g/mol. The molecule has 5 nitrogen and oxygen atoms in total. The molecule has 6 heteroatoms. The second kappa shape index (κ2) is 7.26. The van der Waals surface area contributed by atoms with Crippen molar-refractivity contribution < 1.29 is 9.59 Å². The van der Waals surface area contributed by atoms with Gasteiger partial charge in [-0.3, -0.25) is 15.1 Å². The molecule has 0 aliphatic rings. The van der Waals surface area contributed by atoms with Crippen LogP contribution in [0.4, 0.5) is 4.79 Å². The maximum atomic E-state index is 12.1. The first kappa shape index (κ1) is 16.3. The van der Waals surface area contributed by atoms with Crippen molar-refractivity contribution in [1.82, 2.24) is 15.6 Å². The topological polar surface area (TPSA) is 71.1 Å². The lowest BCUT2D eigenvalue weighted by Crippen LogP contribution is -2.45. The van der Waals surface area contributed by atoms with E-state index < -0.39 is 6.03 Å². The van der Waals surface area contributed by atoms with Gasteiger partial charge in [0.2, 0.25) is 5.91 Å². The lowest BCUT2D eigenvalue weighted by atomic mass is 10.2. The van der Waals surface area contributed by atoms with E-state index in [2.05, 4.69) is 15.6 Å². The van der Waals surface area contributed by atoms with Crippen LogP contribution in [0.3, 0.4) is 0 Å². The number of hydrogen-bond donors (Lipinski definition) is 2. The van der Waals surface area contributed by atoms with Crippen molar-refractivity contribution in [3.05, 3.63) is 36.5 Å². The number of pyridine rings is 1. The van der Waals surface area contributed by atoms with Gasteiger partial charge in [0.15, 0.2) is 0 Å². The average molecular weight is 317 g/mol. The molecule has 1 aromatic heterocycles. The summed E-state index contributed by atoms with van der Waals surface area (Å²) < 4.78 is 0. The number of hydrogen-bond acceptors (Lipinski definition) is 4. The SMILES string of the molecule is CC(C)NC(=O)NC(=O)[C@H](C)Sc1ccnc2ccccc12. The fourth-order valence-electron chi connectivity index (χ4n) is 1.93. The lowest BCUT2D eigenvalue weighted by Gasteiger charge is -2.14. The van der Waals surface area contributed by atoms with Gasteiger partial charge in [0.25, 0.3) is 0 Å². The Balaban J connectivity index is 2.06. The zero-order valence-electron chi connectivity index (χ0n) is 12.8. The van der Waals surface area contributed by atoms with Crippen LogP contribution in [0.25, 0.3) is 10.9 Å². The molecule has 0 fully saturated rings. The van der Waals surface area contributed by atoms with E-state index in [1.54, 1.807) is 13.1 Å². The van der Waals surface area contributed by atoms with Gasteiger partial charge in [-0.15, -0.1) is 11.8 Å². The Labute approximate surface area is 133 Å². The van der Waals surface area contributed by atoms with Crippen molar-refractivity contribution >= 4 is 34.6 Å². The summed E-state index contributed by atoms with van der Waals surface area (Å²) in [7, 11) is 0. The number of rotatable bonds is 4. The van der Waals surface area contributed by atoms with Crippen molar-refractivity contribution in [1.29, 1.82) is 0 Å². The highest BCUT2D eigenvalue weighted by Crippen LogP contribution is 2.29. The Hall–Kier alpha value is -2.08. The number of thioether (sulfide) groups is 1. The Bertz CT molecular complexity index is 683. The van der Waals surface area contributed by atoms with E-state index >= 15 is 0 Å². The van der Waals surface area contributed by atoms with Crippen molar-refractivity contribution in [2.24, 2.45) is 0 Å². The monoisotopic (exact) mass is 317 g/mol. The molecule has 0 saturated carbocycles. The van der Waals surface area contributed by atoms with E-state index in [1.165, 1.54) is 11.8 Å². The maximum absolute atomic E-state index is 12.1. The number of carbonyl (C=O) groups excluding carboxylic acids is 2. The van der Waals surface area contributed by atoms with Crippen LogP contribution in [0.2, 0.25) is 0 Å². The minimum absolute atomic E-state index is 0.0140. The van der Waals surface area contributed by atoms with Gasteiger partial charge in [-0.25, -0.2) is 4.79 Å². The molecule has 116 valence electrons. The van der Waals surface area contributed by atoms with Crippen LogP contribution in [-0.4, -0.2) is 28.2 Å². The third-order valence-electron chi connectivity index (χ3n) is 2.94. The molecule has 0 aliphatic heterocycles. The number of nitrogens with one attached hydrogen (secondary N) is 2. The Morgan fingerprint density at radius 3 is 2.59 bits per heavy atom. The standard InChI is InChI=1S/C16H19N3O2S/c1-10(2)18-16(21)19-15(20)11(3)22-14-8-9-17-13-7-5-4-6-12(13)14/h4-11H,1-3H3,(H2,18,19,20,21)/t11-/m0/s1.